The van der Waals surface area contributed by atoms with Gasteiger partial charge in [0.15, 0.2) is 5.82 Å². The van der Waals surface area contributed by atoms with Gasteiger partial charge in [0.2, 0.25) is 0 Å². The number of aromatic nitrogens is 5. The van der Waals surface area contributed by atoms with Crippen LogP contribution in [0.2, 0.25) is 0 Å². The van der Waals surface area contributed by atoms with Crippen LogP contribution in [-0.2, 0) is 6.54 Å². The predicted molar refractivity (Wildman–Crippen MR) is 63.5 cm³/mol. The molecule has 6 heteroatoms. The molecule has 0 atom stereocenters. The normalized spacial score (nSPS) is 11.7. The van der Waals surface area contributed by atoms with E-state index in [1.807, 2.05) is 0 Å². The first-order valence-corrected chi connectivity index (χ1v) is 5.45. The van der Waals surface area contributed by atoms with Gasteiger partial charge < -0.3 is 5.32 Å². The Bertz CT molecular complexity index is 454. The Hall–Kier alpha value is -1.82. The fourth-order valence-electron chi connectivity index (χ4n) is 1.24. The standard InChI is InChI=1S/C11H16N6/c1-11(2,3)15-5-9-4-14-10(6-13-9)17-8-12-7-16-17/h4,6-8,15H,5H2,1-3H3. The van der Waals surface area contributed by atoms with Crippen LogP contribution >= 0.6 is 0 Å². The van der Waals surface area contributed by atoms with Gasteiger partial charge in [-0.2, -0.15) is 5.10 Å². The van der Waals surface area contributed by atoms with E-state index in [0.29, 0.717) is 12.4 Å². The van der Waals surface area contributed by atoms with Crippen LogP contribution in [0.4, 0.5) is 0 Å². The highest BCUT2D eigenvalue weighted by atomic mass is 15.3. The molecule has 0 spiro atoms. The molecule has 0 saturated heterocycles. The van der Waals surface area contributed by atoms with Crippen molar-refractivity contribution in [1.82, 2.24) is 30.0 Å². The van der Waals surface area contributed by atoms with Crippen LogP contribution in [0.5, 0.6) is 0 Å². The lowest BCUT2D eigenvalue weighted by atomic mass is 10.1. The molecule has 6 nitrogen and oxygen atoms in total. The first-order valence-electron chi connectivity index (χ1n) is 5.45. The van der Waals surface area contributed by atoms with E-state index in [-0.39, 0.29) is 5.54 Å². The van der Waals surface area contributed by atoms with E-state index in [4.69, 9.17) is 0 Å². The minimum absolute atomic E-state index is 0.0756. The van der Waals surface area contributed by atoms with Gasteiger partial charge in [-0.25, -0.2) is 14.6 Å². The molecular formula is C11H16N6. The molecule has 2 rings (SSSR count). The summed E-state index contributed by atoms with van der Waals surface area (Å²) in [5.74, 6) is 0.669. The molecule has 0 aliphatic carbocycles. The van der Waals surface area contributed by atoms with Crippen molar-refractivity contribution in [2.24, 2.45) is 0 Å². The average Bonchev–Trinajstić information content (AvgIpc) is 2.79. The minimum atomic E-state index is 0.0756. The third-order valence-electron chi connectivity index (χ3n) is 2.14. The summed E-state index contributed by atoms with van der Waals surface area (Å²) in [6, 6.07) is 0. The Morgan fingerprint density at radius 1 is 1.24 bits per heavy atom. The maximum Gasteiger partial charge on any atom is 0.173 e. The summed E-state index contributed by atoms with van der Waals surface area (Å²) in [7, 11) is 0. The van der Waals surface area contributed by atoms with Gasteiger partial charge >= 0.3 is 0 Å². The summed E-state index contributed by atoms with van der Waals surface area (Å²) in [6.07, 6.45) is 6.50. The van der Waals surface area contributed by atoms with Crippen LogP contribution in [0.25, 0.3) is 5.82 Å². The smallest absolute Gasteiger partial charge is 0.173 e. The van der Waals surface area contributed by atoms with E-state index < -0.39 is 0 Å². The second-order valence-electron chi connectivity index (χ2n) is 4.81. The first-order chi connectivity index (χ1) is 8.04. The minimum Gasteiger partial charge on any atom is -0.306 e. The third kappa shape index (κ3) is 3.32. The summed E-state index contributed by atoms with van der Waals surface area (Å²) in [4.78, 5) is 12.5. The molecule has 2 heterocycles. The Balaban J connectivity index is 2.04. The van der Waals surface area contributed by atoms with E-state index in [0.717, 1.165) is 5.69 Å². The van der Waals surface area contributed by atoms with E-state index in [9.17, 15) is 0 Å². The topological polar surface area (TPSA) is 68.5 Å². The van der Waals surface area contributed by atoms with Crippen LogP contribution in [-0.4, -0.2) is 30.3 Å². The number of rotatable bonds is 3. The molecule has 0 radical (unpaired) electrons. The molecule has 2 aromatic rings. The Morgan fingerprint density at radius 3 is 2.59 bits per heavy atom. The lowest BCUT2D eigenvalue weighted by Crippen LogP contribution is -2.35. The lowest BCUT2D eigenvalue weighted by molar-refractivity contribution is 0.421. The zero-order chi connectivity index (χ0) is 12.3. The van der Waals surface area contributed by atoms with Gasteiger partial charge in [0.05, 0.1) is 18.1 Å². The van der Waals surface area contributed by atoms with Gasteiger partial charge in [-0.15, -0.1) is 0 Å². The molecule has 0 aliphatic heterocycles. The Labute approximate surface area is 100 Å². The maximum atomic E-state index is 4.32. The lowest BCUT2D eigenvalue weighted by Gasteiger charge is -2.19. The largest absolute Gasteiger partial charge is 0.306 e. The molecule has 17 heavy (non-hydrogen) atoms. The quantitative estimate of drug-likeness (QED) is 0.853. The summed E-state index contributed by atoms with van der Waals surface area (Å²) >= 11 is 0. The van der Waals surface area contributed by atoms with Crippen molar-refractivity contribution in [1.29, 1.82) is 0 Å². The molecule has 1 N–H and O–H groups in total. The van der Waals surface area contributed by atoms with Crippen molar-refractivity contribution in [2.45, 2.75) is 32.9 Å². The van der Waals surface area contributed by atoms with Crippen LogP contribution in [0.3, 0.4) is 0 Å². The van der Waals surface area contributed by atoms with E-state index >= 15 is 0 Å². The van der Waals surface area contributed by atoms with E-state index in [1.54, 1.807) is 23.4 Å². The van der Waals surface area contributed by atoms with Gasteiger partial charge in [-0.1, -0.05) is 0 Å². The van der Waals surface area contributed by atoms with E-state index in [1.165, 1.54) is 6.33 Å². The molecule has 0 bridgehead atoms. The molecule has 0 saturated carbocycles. The number of hydrogen-bond donors (Lipinski definition) is 1. The van der Waals surface area contributed by atoms with Crippen molar-refractivity contribution >= 4 is 0 Å². The van der Waals surface area contributed by atoms with Gasteiger partial charge in [0, 0.05) is 12.1 Å². The van der Waals surface area contributed by atoms with Crippen LogP contribution in [0, 0.1) is 0 Å². The fourth-order valence-corrected chi connectivity index (χ4v) is 1.24. The van der Waals surface area contributed by atoms with Gasteiger partial charge in [-0.3, -0.25) is 4.98 Å². The first kappa shape index (κ1) is 11.7. The highest BCUT2D eigenvalue weighted by Gasteiger charge is 2.09. The van der Waals surface area contributed by atoms with Crippen molar-refractivity contribution in [3.05, 3.63) is 30.7 Å². The van der Waals surface area contributed by atoms with Gasteiger partial charge in [-0.05, 0) is 20.8 Å². The average molecular weight is 232 g/mol. The third-order valence-corrected chi connectivity index (χ3v) is 2.14. The van der Waals surface area contributed by atoms with Crippen molar-refractivity contribution in [3.8, 4) is 5.82 Å². The van der Waals surface area contributed by atoms with E-state index in [2.05, 4.69) is 46.1 Å². The summed E-state index contributed by atoms with van der Waals surface area (Å²) in [5, 5.41) is 7.34. The number of nitrogens with zero attached hydrogens (tertiary/aromatic N) is 5. The van der Waals surface area contributed by atoms with Crippen molar-refractivity contribution in [3.63, 3.8) is 0 Å². The van der Waals surface area contributed by atoms with Crippen molar-refractivity contribution in [2.75, 3.05) is 0 Å². The Kier molecular flexibility index (Phi) is 3.14. The molecule has 0 fully saturated rings. The fraction of sp³-hybridized carbons (Fsp3) is 0.455. The molecule has 0 unspecified atom stereocenters. The molecule has 0 amide bonds. The van der Waals surface area contributed by atoms with Crippen LogP contribution in [0.1, 0.15) is 26.5 Å². The zero-order valence-electron chi connectivity index (χ0n) is 10.3. The Morgan fingerprint density at radius 2 is 2.06 bits per heavy atom. The molecule has 0 aromatic carbocycles. The predicted octanol–water partition coefficient (Wildman–Crippen LogP) is 0.945. The summed E-state index contributed by atoms with van der Waals surface area (Å²) in [6.45, 7) is 7.05. The molecular weight excluding hydrogens is 216 g/mol. The summed E-state index contributed by atoms with van der Waals surface area (Å²) < 4.78 is 1.58. The highest BCUT2D eigenvalue weighted by Crippen LogP contribution is 2.03. The van der Waals surface area contributed by atoms with Gasteiger partial charge in [0.25, 0.3) is 0 Å². The van der Waals surface area contributed by atoms with Crippen LogP contribution in [0.15, 0.2) is 25.0 Å². The van der Waals surface area contributed by atoms with Gasteiger partial charge in [0.1, 0.15) is 12.7 Å². The SMILES string of the molecule is CC(C)(C)NCc1cnc(-n2cncn2)cn1. The second kappa shape index (κ2) is 4.58. The summed E-state index contributed by atoms with van der Waals surface area (Å²) in [5.41, 5.74) is 0.982. The molecule has 90 valence electrons. The number of hydrogen-bond acceptors (Lipinski definition) is 5. The highest BCUT2D eigenvalue weighted by molar-refractivity contribution is 5.16. The zero-order valence-corrected chi connectivity index (χ0v) is 10.3. The van der Waals surface area contributed by atoms with Crippen molar-refractivity contribution < 1.29 is 0 Å². The molecule has 0 aliphatic rings. The number of nitrogens with one attached hydrogen (secondary N) is 1. The van der Waals surface area contributed by atoms with Crippen LogP contribution < -0.4 is 5.32 Å². The maximum absolute atomic E-state index is 4.32. The monoisotopic (exact) mass is 232 g/mol. The second-order valence-corrected chi connectivity index (χ2v) is 4.81. The molecule has 2 aromatic heterocycles.